The molecule has 28 heavy (non-hydrogen) atoms. The number of rotatable bonds is 2. The van der Waals surface area contributed by atoms with Gasteiger partial charge in [-0.2, -0.15) is 0 Å². The maximum Gasteiger partial charge on any atom is 0.275 e. The van der Waals surface area contributed by atoms with E-state index in [-0.39, 0.29) is 0 Å². The van der Waals surface area contributed by atoms with E-state index < -0.39 is 11.8 Å². The third-order valence-electron chi connectivity index (χ3n) is 5.01. The van der Waals surface area contributed by atoms with E-state index in [9.17, 15) is 9.59 Å². The van der Waals surface area contributed by atoms with Gasteiger partial charge in [-0.15, -0.1) is 0 Å². The number of hydrazine groups is 1. The molecule has 0 atom stereocenters. The summed E-state index contributed by atoms with van der Waals surface area (Å²) in [5.41, 5.74) is 3.58. The molecule has 2 N–H and O–H groups in total. The van der Waals surface area contributed by atoms with Gasteiger partial charge >= 0.3 is 0 Å². The molecule has 6 heteroatoms. The summed E-state index contributed by atoms with van der Waals surface area (Å²) in [5.74, 6) is 5.68. The van der Waals surface area contributed by atoms with E-state index in [4.69, 9.17) is 10.3 Å². The largest absolute Gasteiger partial charge is 0.436 e. The van der Waals surface area contributed by atoms with Crippen LogP contribution in [0.1, 0.15) is 26.3 Å². The van der Waals surface area contributed by atoms with Crippen molar-refractivity contribution in [2.24, 2.45) is 5.84 Å². The summed E-state index contributed by atoms with van der Waals surface area (Å²) < 4.78 is 5.99. The molecule has 0 radical (unpaired) electrons. The van der Waals surface area contributed by atoms with E-state index in [1.165, 1.54) is 0 Å². The lowest BCUT2D eigenvalue weighted by molar-refractivity contribution is 0.0610. The number of amides is 2. The normalized spacial score (nSPS) is 13.4. The third-order valence-corrected chi connectivity index (χ3v) is 5.01. The van der Waals surface area contributed by atoms with Gasteiger partial charge in [-0.3, -0.25) is 9.59 Å². The zero-order valence-electron chi connectivity index (χ0n) is 15.0. The maximum atomic E-state index is 12.4. The molecule has 2 heterocycles. The highest BCUT2D eigenvalue weighted by Crippen LogP contribution is 2.36. The van der Waals surface area contributed by atoms with Crippen molar-refractivity contribution in [1.82, 2.24) is 9.99 Å². The molecule has 0 unspecified atom stereocenters. The molecule has 1 aliphatic rings. The lowest BCUT2D eigenvalue weighted by atomic mass is 9.92. The van der Waals surface area contributed by atoms with E-state index >= 15 is 0 Å². The van der Waals surface area contributed by atoms with Crippen LogP contribution in [0.3, 0.4) is 0 Å². The van der Waals surface area contributed by atoms with Gasteiger partial charge in [0, 0.05) is 16.5 Å². The number of nitrogens with zero attached hydrogens (tertiary/aromatic N) is 2. The Morgan fingerprint density at radius 1 is 0.893 bits per heavy atom. The lowest BCUT2D eigenvalue weighted by Gasteiger charge is -2.23. The summed E-state index contributed by atoms with van der Waals surface area (Å²) in [6.07, 6.45) is 1.67. The summed E-state index contributed by atoms with van der Waals surface area (Å²) in [6.45, 7) is 2.02. The SMILES string of the molecule is Cc1ccc(-c2cnc(-c3ccc4c5c(cccc35)C(=O)N(N)C4=O)o2)cc1. The standard InChI is InChI=1S/C22H15N3O3/c1-12-5-7-13(8-6-12)18-11-24-20(28-18)15-9-10-17-19-14(15)3-2-4-16(19)21(26)25(23)22(17)27/h2-11H,23H2,1H3. The fourth-order valence-corrected chi connectivity index (χ4v) is 3.55. The van der Waals surface area contributed by atoms with Crippen LogP contribution in [0.25, 0.3) is 33.6 Å². The molecular formula is C22H15N3O3. The van der Waals surface area contributed by atoms with Crippen molar-refractivity contribution in [3.63, 3.8) is 0 Å². The first-order chi connectivity index (χ1) is 13.5. The Labute approximate surface area is 160 Å². The summed E-state index contributed by atoms with van der Waals surface area (Å²) in [5, 5.41) is 1.95. The number of oxazole rings is 1. The second kappa shape index (κ2) is 5.87. The molecule has 0 fully saturated rings. The molecule has 0 aliphatic carbocycles. The van der Waals surface area contributed by atoms with Gasteiger partial charge in [-0.1, -0.05) is 42.0 Å². The van der Waals surface area contributed by atoms with E-state index in [0.717, 1.165) is 16.5 Å². The number of benzene rings is 3. The molecule has 0 spiro atoms. The Hall–Kier alpha value is -3.77. The van der Waals surface area contributed by atoms with E-state index in [2.05, 4.69) is 4.98 Å². The zero-order valence-corrected chi connectivity index (χ0v) is 15.0. The highest BCUT2D eigenvalue weighted by atomic mass is 16.4. The van der Waals surface area contributed by atoms with Gasteiger partial charge in [0.05, 0.1) is 17.3 Å². The van der Waals surface area contributed by atoms with Gasteiger partial charge in [0.2, 0.25) is 5.89 Å². The van der Waals surface area contributed by atoms with Crippen LogP contribution in [-0.4, -0.2) is 21.8 Å². The van der Waals surface area contributed by atoms with Gasteiger partial charge in [0.15, 0.2) is 5.76 Å². The fraction of sp³-hybridized carbons (Fsp3) is 0.0455. The van der Waals surface area contributed by atoms with Gasteiger partial charge in [0.1, 0.15) is 0 Å². The number of hydrogen-bond acceptors (Lipinski definition) is 5. The molecule has 0 saturated carbocycles. The molecule has 1 aliphatic heterocycles. The summed E-state index contributed by atoms with van der Waals surface area (Å²) in [7, 11) is 0. The van der Waals surface area contributed by atoms with Crippen LogP contribution in [-0.2, 0) is 0 Å². The maximum absolute atomic E-state index is 12.4. The average molecular weight is 369 g/mol. The van der Waals surface area contributed by atoms with Crippen molar-refractivity contribution in [3.8, 4) is 22.8 Å². The summed E-state index contributed by atoms with van der Waals surface area (Å²) in [6, 6.07) is 16.7. The minimum absolute atomic E-state index is 0.391. The highest BCUT2D eigenvalue weighted by Gasteiger charge is 2.31. The zero-order chi connectivity index (χ0) is 19.4. The van der Waals surface area contributed by atoms with Crippen LogP contribution >= 0.6 is 0 Å². The minimum Gasteiger partial charge on any atom is -0.436 e. The molecule has 4 aromatic rings. The molecule has 5 rings (SSSR count). The highest BCUT2D eigenvalue weighted by molar-refractivity contribution is 6.26. The summed E-state index contributed by atoms with van der Waals surface area (Å²) in [4.78, 5) is 29.3. The minimum atomic E-state index is -0.520. The fourth-order valence-electron chi connectivity index (χ4n) is 3.55. The number of imide groups is 1. The number of nitrogens with two attached hydrogens (primary N) is 1. The van der Waals surface area contributed by atoms with E-state index in [1.54, 1.807) is 30.5 Å². The Morgan fingerprint density at radius 2 is 1.57 bits per heavy atom. The van der Waals surface area contributed by atoms with Gasteiger partial charge in [-0.25, -0.2) is 15.8 Å². The Bertz CT molecular complexity index is 1250. The van der Waals surface area contributed by atoms with Crippen LogP contribution in [0, 0.1) is 6.92 Å². The lowest BCUT2D eigenvalue weighted by Crippen LogP contribution is -2.45. The average Bonchev–Trinajstić information content (AvgIpc) is 3.20. The molecule has 0 bridgehead atoms. The van der Waals surface area contributed by atoms with Crippen molar-refractivity contribution < 1.29 is 14.0 Å². The predicted octanol–water partition coefficient (Wildman–Crippen LogP) is 3.94. The predicted molar refractivity (Wildman–Crippen MR) is 104 cm³/mol. The van der Waals surface area contributed by atoms with Crippen LogP contribution in [0.15, 0.2) is 65.2 Å². The number of aromatic nitrogens is 1. The second-order valence-corrected chi connectivity index (χ2v) is 6.76. The number of hydrogen-bond donors (Lipinski definition) is 1. The van der Waals surface area contributed by atoms with Crippen LogP contribution in [0.4, 0.5) is 0 Å². The molecule has 0 saturated heterocycles. The van der Waals surface area contributed by atoms with Crippen molar-refractivity contribution in [3.05, 3.63) is 77.5 Å². The van der Waals surface area contributed by atoms with Gasteiger partial charge < -0.3 is 4.42 Å². The Balaban J connectivity index is 1.69. The number of aryl methyl sites for hydroxylation is 1. The molecule has 2 amide bonds. The Morgan fingerprint density at radius 3 is 2.32 bits per heavy atom. The topological polar surface area (TPSA) is 89.4 Å². The van der Waals surface area contributed by atoms with E-state index in [1.807, 2.05) is 37.3 Å². The first-order valence-electron chi connectivity index (χ1n) is 8.77. The second-order valence-electron chi connectivity index (χ2n) is 6.76. The first kappa shape index (κ1) is 16.4. The molecule has 6 nitrogen and oxygen atoms in total. The van der Waals surface area contributed by atoms with Crippen molar-refractivity contribution >= 4 is 22.6 Å². The van der Waals surface area contributed by atoms with Gasteiger partial charge in [0.25, 0.3) is 11.8 Å². The first-order valence-corrected chi connectivity index (χ1v) is 8.77. The van der Waals surface area contributed by atoms with Crippen LogP contribution in [0.5, 0.6) is 0 Å². The van der Waals surface area contributed by atoms with Crippen LogP contribution in [0.2, 0.25) is 0 Å². The van der Waals surface area contributed by atoms with Crippen molar-refractivity contribution in [1.29, 1.82) is 0 Å². The van der Waals surface area contributed by atoms with Crippen LogP contribution < -0.4 is 5.84 Å². The number of carbonyl (C=O) groups is 2. The Kier molecular flexibility index (Phi) is 3.44. The quantitative estimate of drug-likeness (QED) is 0.328. The molecule has 1 aromatic heterocycles. The van der Waals surface area contributed by atoms with E-state index in [0.29, 0.717) is 38.7 Å². The molecule has 136 valence electrons. The smallest absolute Gasteiger partial charge is 0.275 e. The monoisotopic (exact) mass is 369 g/mol. The molecule has 3 aromatic carbocycles. The third kappa shape index (κ3) is 2.28. The summed E-state index contributed by atoms with van der Waals surface area (Å²) >= 11 is 0. The number of carbonyl (C=O) groups excluding carboxylic acids is 2. The molecular weight excluding hydrogens is 354 g/mol. The van der Waals surface area contributed by atoms with Gasteiger partial charge in [-0.05, 0) is 30.5 Å². The van der Waals surface area contributed by atoms with Crippen molar-refractivity contribution in [2.45, 2.75) is 6.92 Å². The van der Waals surface area contributed by atoms with Crippen molar-refractivity contribution in [2.75, 3.05) is 0 Å².